The summed E-state index contributed by atoms with van der Waals surface area (Å²) in [5, 5.41) is 6.85. The van der Waals surface area contributed by atoms with Crippen LogP contribution in [0, 0.1) is 69.0 Å². The van der Waals surface area contributed by atoms with Gasteiger partial charge in [0.2, 0.25) is 5.13 Å². The molecule has 0 amide bonds. The van der Waals surface area contributed by atoms with Gasteiger partial charge in [-0.25, -0.2) is 70.6 Å². The number of rotatable bonds is 25. The van der Waals surface area contributed by atoms with Gasteiger partial charge in [0, 0.05) is 26.7 Å². The van der Waals surface area contributed by atoms with Crippen LogP contribution in [0.2, 0.25) is 0 Å². The van der Waals surface area contributed by atoms with Crippen LogP contribution in [0.1, 0.15) is 81.5 Å². The van der Waals surface area contributed by atoms with E-state index >= 15 is 0 Å². The molecular weight excluding hydrogens is 1710 g/mol. The normalized spacial score (nSPS) is 11.5. The summed E-state index contributed by atoms with van der Waals surface area (Å²) in [7, 11) is 0. The van der Waals surface area contributed by atoms with E-state index in [2.05, 4.69) is 140 Å². The molecule has 0 fully saturated rings. The summed E-state index contributed by atoms with van der Waals surface area (Å²) in [6.45, 7) is 28.7. The fraction of sp³-hybridized carbons (Fsp3) is 0.240. The van der Waals surface area contributed by atoms with Crippen molar-refractivity contribution in [2.45, 2.75) is 98.1 Å². The van der Waals surface area contributed by atoms with Crippen molar-refractivity contribution >= 4 is 159 Å². The molecule has 0 radical (unpaired) electrons. The minimum atomic E-state index is -0.796. The largest absolute Gasteiger partial charge is 1.00 e. The molecule has 11 rings (SSSR count). The molecule has 0 saturated heterocycles. The van der Waals surface area contributed by atoms with Crippen LogP contribution in [0.15, 0.2) is 167 Å². The molecule has 516 valence electrons. The number of para-hydroxylation sites is 1. The molecule has 5 heterocycles. The molecule has 2 aliphatic heterocycles. The van der Waals surface area contributed by atoms with E-state index in [0.717, 1.165) is 90.0 Å². The van der Waals surface area contributed by atoms with Crippen LogP contribution in [-0.4, -0.2) is 96.6 Å². The van der Waals surface area contributed by atoms with Crippen molar-refractivity contribution in [2.75, 3.05) is 45.1 Å². The number of nitrogens with zero attached hydrogens (tertiary/aromatic N) is 5. The summed E-state index contributed by atoms with van der Waals surface area (Å²) in [6.07, 6.45) is 7.89. The summed E-state index contributed by atoms with van der Waals surface area (Å²) in [5.41, 5.74) is 10.0. The van der Waals surface area contributed by atoms with E-state index in [4.69, 9.17) is 40.0 Å². The smallest absolute Gasteiger partial charge is 0.471 e. The van der Waals surface area contributed by atoms with E-state index in [9.17, 15) is 28.8 Å². The van der Waals surface area contributed by atoms with Gasteiger partial charge in [-0.2, -0.15) is 61.5 Å². The van der Waals surface area contributed by atoms with Crippen molar-refractivity contribution in [3.8, 4) is 10.0 Å². The maximum absolute atomic E-state index is 12.8. The first-order chi connectivity index (χ1) is 48.3. The molecular formula is C75H64K8N6O12S7. The number of thioether (sulfide) groups is 4. The first-order valence-corrected chi connectivity index (χ1v) is 36.5. The monoisotopic (exact) mass is 1780 g/mol. The Labute approximate surface area is 1000 Å². The number of fused-ring (bicyclic) bond motifs is 5. The zero-order valence-corrected chi connectivity index (χ0v) is 93.7. The third-order valence-electron chi connectivity index (χ3n) is 13.3. The molecule has 18 nitrogen and oxygen atoms in total. The van der Waals surface area contributed by atoms with E-state index in [1.54, 1.807) is 64.5 Å². The second-order valence-electron chi connectivity index (χ2n) is 21.8. The number of carbonyl (C=O) groups is 6. The number of hydrogen-bond acceptors (Lipinski definition) is 24. The third-order valence-corrected chi connectivity index (χ3v) is 21.2. The molecule has 0 atom stereocenters. The van der Waals surface area contributed by atoms with Crippen LogP contribution >= 0.6 is 81.1 Å². The van der Waals surface area contributed by atoms with Crippen molar-refractivity contribution in [1.29, 1.82) is 0 Å². The Kier molecular flexibility index (Phi) is 63.5. The Balaban J connectivity index is 0.00000141. The molecule has 2 aliphatic rings. The molecule has 108 heavy (non-hydrogen) atoms. The van der Waals surface area contributed by atoms with Crippen molar-refractivity contribution in [1.82, 2.24) is 15.0 Å². The fourth-order valence-electron chi connectivity index (χ4n) is 8.36. The van der Waals surface area contributed by atoms with Crippen LogP contribution < -0.4 is 417 Å². The third kappa shape index (κ3) is 38.2. The van der Waals surface area contributed by atoms with E-state index in [1.807, 2.05) is 48.5 Å². The molecule has 0 saturated carbocycles. The van der Waals surface area contributed by atoms with Gasteiger partial charge in [-0.1, -0.05) is 81.7 Å². The van der Waals surface area contributed by atoms with E-state index in [1.165, 1.54) is 62.9 Å². The second-order valence-corrected chi connectivity index (χ2v) is 29.5. The maximum Gasteiger partial charge on any atom is 1.00 e. The van der Waals surface area contributed by atoms with Gasteiger partial charge in [-0.3, -0.25) is 88.6 Å². The Hall–Kier alpha value is 3.96. The minimum Gasteiger partial charge on any atom is -0.471 e. The number of hydrogen-bond donors (Lipinski definition) is 1. The van der Waals surface area contributed by atoms with Crippen LogP contribution in [0.25, 0.3) is 45.5 Å². The fourth-order valence-corrected chi connectivity index (χ4v) is 15.9. The van der Waals surface area contributed by atoms with Crippen molar-refractivity contribution < 1.29 is 468 Å². The number of hydrazone groups is 1. The SMILES string of the molecule is C=CC(=O)OCCCCOC(=O)C(C(=O)OCCCCOC(=O)C=C)=C1Sc2[c-]cc[c-]c2S1.Cc1cc(C)c2nc(-c3nc4[c-]cc[c-]c4s3)sc2c1.[C-]#[N+]/C(C(=O)OCCCCOC(=O)C=C)=C1/Sc2[c-]cc(C(C)(C)C)[c-]c2S1.[K+].[K+].[K+].[K+].[K+].[K+].[K+].[K+].[c-]1cc[c-]c(/C=N/Nc2nc3ccccc3s2)c1. The number of unbranched alkanes of at least 4 members (excludes halogenated alkanes) is 3. The van der Waals surface area contributed by atoms with Crippen molar-refractivity contribution in [2.24, 2.45) is 5.10 Å². The van der Waals surface area contributed by atoms with Crippen LogP contribution in [0.4, 0.5) is 5.13 Å². The number of benzene rings is 6. The number of ether oxygens (including phenoxy) is 6. The zero-order chi connectivity index (χ0) is 71.4. The Bertz CT molecular complexity index is 4470. The standard InChI is InChI=1S/C24H24O8S2.C21H21NO4S2.C16H10N2S2.C14H9N3S.8K/c1-3-19(25)29-13-7-9-15-31-22(27)21(24-33-17-11-5-6-12-18(17)34-24)23(28)32-16-10-8-14-30-20(26)4-2;1-6-17(23)25-11-7-8-12-26-19(24)18(22-5)20-27-15-10-9-14(21(2,3)4)13-16(15)28-20;1-9-7-10(2)14-13(8-9)20-16(18-14)15-17-11-5-3-4-6-12(11)19-15;1-2-6-11(7-3-1)10-15-17-14-16-12-8-4-5-9-13(12)18-14;;;;;;;;/h3-6H,1-2,7-10,13-16H2;6,9H,1,7-8,11-12H2,2-4H3;3-4,7-8H,1-2H3;1-2,4-5,7-10H,(H,16,17);;;;;;;;/q4*-2;8*+1/b;20-18-;;15-10+;;;;;;;;. The number of anilines is 1. The average molecular weight is 1780 g/mol. The molecule has 3 aromatic heterocycles. The number of nitrogens with one attached hydrogen (secondary N) is 1. The Morgan fingerprint density at radius 2 is 1.06 bits per heavy atom. The van der Waals surface area contributed by atoms with Gasteiger partial charge in [0.1, 0.15) is 5.01 Å². The molecule has 0 bridgehead atoms. The van der Waals surface area contributed by atoms with Gasteiger partial charge in [0.15, 0.2) is 10.6 Å². The van der Waals surface area contributed by atoms with Crippen molar-refractivity contribution in [3.63, 3.8) is 0 Å². The summed E-state index contributed by atoms with van der Waals surface area (Å²) in [5.74, 6) is -3.75. The van der Waals surface area contributed by atoms with Gasteiger partial charge in [-0.15, -0.1) is 16.9 Å². The number of esters is 6. The molecule has 0 unspecified atom stereocenters. The number of aryl methyl sites for hydroxylation is 2. The van der Waals surface area contributed by atoms with Gasteiger partial charge in [-0.05, 0) is 81.7 Å². The zero-order valence-electron chi connectivity index (χ0n) is 63.0. The molecule has 0 spiro atoms. The average Bonchev–Trinajstić information content (AvgIpc) is 1.64. The Morgan fingerprint density at radius 1 is 0.556 bits per heavy atom. The molecule has 9 aromatic rings. The topological polar surface area (TPSA) is 225 Å². The summed E-state index contributed by atoms with van der Waals surface area (Å²) in [6, 6.07) is 51.9. The van der Waals surface area contributed by atoms with E-state index < -0.39 is 35.8 Å². The van der Waals surface area contributed by atoms with Gasteiger partial charge < -0.3 is 57.7 Å². The van der Waals surface area contributed by atoms with Gasteiger partial charge >= 0.3 is 447 Å². The van der Waals surface area contributed by atoms with Gasteiger partial charge in [0.25, 0.3) is 5.70 Å². The van der Waals surface area contributed by atoms with E-state index in [0.29, 0.717) is 47.0 Å². The number of thiazole rings is 3. The van der Waals surface area contributed by atoms with Crippen molar-refractivity contribution in [3.05, 3.63) is 225 Å². The number of carbonyl (C=O) groups excluding carboxylic acids is 6. The molecule has 33 heteroatoms. The Morgan fingerprint density at radius 3 is 1.58 bits per heavy atom. The van der Waals surface area contributed by atoms with Gasteiger partial charge in [0.05, 0.1) is 66.6 Å². The predicted octanol–water partition coefficient (Wildman–Crippen LogP) is -7.11. The first kappa shape index (κ1) is 112. The predicted molar refractivity (Wildman–Crippen MR) is 395 cm³/mol. The summed E-state index contributed by atoms with van der Waals surface area (Å²) >= 11 is 10.1. The quantitative estimate of drug-likeness (QED) is 0.00536. The molecule has 1 N–H and O–H groups in total. The van der Waals surface area contributed by atoms with Crippen LogP contribution in [-0.2, 0) is 62.6 Å². The maximum atomic E-state index is 12.8. The molecule has 6 aromatic carbocycles. The summed E-state index contributed by atoms with van der Waals surface area (Å²) < 4.78 is 34.8. The first-order valence-electron chi connectivity index (χ1n) is 30.8. The minimum absolute atomic E-state index is 0. The molecule has 0 aliphatic carbocycles. The summed E-state index contributed by atoms with van der Waals surface area (Å²) in [4.78, 5) is 91.2. The van der Waals surface area contributed by atoms with E-state index in [-0.39, 0.29) is 467 Å². The number of aromatic nitrogens is 3. The van der Waals surface area contributed by atoms with Crippen LogP contribution in [0.3, 0.4) is 0 Å². The van der Waals surface area contributed by atoms with Crippen LogP contribution in [0.5, 0.6) is 0 Å². The second kappa shape index (κ2) is 61.3.